The molecule has 0 heterocycles. The molecule has 0 saturated heterocycles. The van der Waals surface area contributed by atoms with Crippen molar-refractivity contribution in [3.63, 3.8) is 0 Å². The summed E-state index contributed by atoms with van der Waals surface area (Å²) in [6.45, 7) is 2.98. The maximum Gasteiger partial charge on any atom is 0.293 e. The minimum atomic E-state index is -0.395. The van der Waals surface area contributed by atoms with E-state index >= 15 is 0 Å². The van der Waals surface area contributed by atoms with Crippen molar-refractivity contribution in [2.75, 3.05) is 11.9 Å². The Morgan fingerprint density at radius 3 is 2.78 bits per heavy atom. The Kier molecular flexibility index (Phi) is 3.76. The zero-order valence-corrected chi connectivity index (χ0v) is 11.2. The molecular weight excluding hydrogens is 252 g/mol. The molecule has 0 aliphatic heterocycles. The molecule has 4 nitrogen and oxygen atoms in total. The van der Waals surface area contributed by atoms with Crippen LogP contribution in [-0.2, 0) is 0 Å². The highest BCUT2D eigenvalue weighted by molar-refractivity contribution is 6.30. The number of hydrogen-bond donors (Lipinski definition) is 1. The van der Waals surface area contributed by atoms with Crippen molar-refractivity contribution in [1.29, 1.82) is 0 Å². The van der Waals surface area contributed by atoms with Gasteiger partial charge in [-0.3, -0.25) is 10.1 Å². The molecule has 5 heteroatoms. The van der Waals surface area contributed by atoms with E-state index in [1.807, 2.05) is 0 Å². The van der Waals surface area contributed by atoms with E-state index in [1.165, 1.54) is 25.3 Å². The molecule has 0 atom stereocenters. The predicted octanol–water partition coefficient (Wildman–Crippen LogP) is 4.24. The number of nitrogens with zero attached hydrogens (tertiary/aromatic N) is 1. The number of halogens is 1. The lowest BCUT2D eigenvalue weighted by Gasteiger charge is -2.15. The number of nitro benzene ring substituents is 1. The average molecular weight is 269 g/mol. The van der Waals surface area contributed by atoms with E-state index in [0.717, 1.165) is 13.0 Å². The quantitative estimate of drug-likeness (QED) is 0.620. The van der Waals surface area contributed by atoms with Crippen LogP contribution in [0.3, 0.4) is 0 Å². The third-order valence-corrected chi connectivity index (χ3v) is 3.78. The zero-order valence-electron chi connectivity index (χ0n) is 10.4. The maximum atomic E-state index is 10.9. The van der Waals surface area contributed by atoms with Gasteiger partial charge in [0.05, 0.1) is 4.92 Å². The SMILES string of the molecule is CCCC1(CNc2ccc(Cl)cc2[N+](=O)[O-])CC1. The van der Waals surface area contributed by atoms with Crippen LogP contribution < -0.4 is 5.32 Å². The molecule has 1 aliphatic carbocycles. The lowest BCUT2D eigenvalue weighted by atomic mass is 10.0. The van der Waals surface area contributed by atoms with Gasteiger partial charge in [0.15, 0.2) is 0 Å². The minimum Gasteiger partial charge on any atom is -0.379 e. The van der Waals surface area contributed by atoms with Crippen molar-refractivity contribution < 1.29 is 4.92 Å². The third kappa shape index (κ3) is 2.93. The van der Waals surface area contributed by atoms with Gasteiger partial charge in [-0.2, -0.15) is 0 Å². The van der Waals surface area contributed by atoms with Crippen LogP contribution in [0.15, 0.2) is 18.2 Å². The summed E-state index contributed by atoms with van der Waals surface area (Å²) in [5.74, 6) is 0. The van der Waals surface area contributed by atoms with E-state index in [4.69, 9.17) is 11.6 Å². The molecule has 0 amide bonds. The molecule has 18 heavy (non-hydrogen) atoms. The second kappa shape index (κ2) is 5.14. The highest BCUT2D eigenvalue weighted by Crippen LogP contribution is 2.49. The Morgan fingerprint density at radius 2 is 2.22 bits per heavy atom. The molecular formula is C13H17ClN2O2. The Balaban J connectivity index is 2.07. The Morgan fingerprint density at radius 1 is 1.50 bits per heavy atom. The van der Waals surface area contributed by atoms with Gasteiger partial charge in [0.25, 0.3) is 5.69 Å². The molecule has 1 aliphatic rings. The maximum absolute atomic E-state index is 10.9. The van der Waals surface area contributed by atoms with Crippen LogP contribution in [0.4, 0.5) is 11.4 Å². The van der Waals surface area contributed by atoms with Gasteiger partial charge in [-0.05, 0) is 36.8 Å². The molecule has 0 aromatic heterocycles. The first kappa shape index (κ1) is 13.1. The fourth-order valence-electron chi connectivity index (χ4n) is 2.31. The van der Waals surface area contributed by atoms with Crippen molar-refractivity contribution in [3.8, 4) is 0 Å². The van der Waals surface area contributed by atoms with Crippen LogP contribution in [0, 0.1) is 15.5 Å². The van der Waals surface area contributed by atoms with Gasteiger partial charge in [-0.15, -0.1) is 0 Å². The second-order valence-corrected chi connectivity index (χ2v) is 5.46. The van der Waals surface area contributed by atoms with E-state index in [1.54, 1.807) is 12.1 Å². The average Bonchev–Trinajstić information content (AvgIpc) is 3.08. The number of nitrogens with one attached hydrogen (secondary N) is 1. The lowest BCUT2D eigenvalue weighted by Crippen LogP contribution is -2.15. The molecule has 0 radical (unpaired) electrons. The zero-order chi connectivity index (χ0) is 13.2. The van der Waals surface area contributed by atoms with E-state index in [2.05, 4.69) is 12.2 Å². The summed E-state index contributed by atoms with van der Waals surface area (Å²) in [6.07, 6.45) is 4.77. The molecule has 98 valence electrons. The summed E-state index contributed by atoms with van der Waals surface area (Å²) in [7, 11) is 0. The Bertz CT molecular complexity index is 458. The summed E-state index contributed by atoms with van der Waals surface area (Å²) in [6, 6.07) is 4.75. The summed E-state index contributed by atoms with van der Waals surface area (Å²) >= 11 is 5.78. The molecule has 0 bridgehead atoms. The van der Waals surface area contributed by atoms with Crippen LogP contribution in [-0.4, -0.2) is 11.5 Å². The molecule has 1 aromatic carbocycles. The largest absolute Gasteiger partial charge is 0.379 e. The van der Waals surface area contributed by atoms with Crippen LogP contribution in [0.2, 0.25) is 5.02 Å². The van der Waals surface area contributed by atoms with Crippen LogP contribution in [0.1, 0.15) is 32.6 Å². The number of benzene rings is 1. The van der Waals surface area contributed by atoms with Gasteiger partial charge in [0, 0.05) is 17.6 Å². The highest BCUT2D eigenvalue weighted by Gasteiger charge is 2.41. The summed E-state index contributed by atoms with van der Waals surface area (Å²) in [5.41, 5.74) is 0.976. The van der Waals surface area contributed by atoms with Gasteiger partial charge >= 0.3 is 0 Å². The standard InChI is InChI=1S/C13H17ClN2O2/c1-2-5-13(6-7-13)9-15-11-4-3-10(14)8-12(11)16(17)18/h3-4,8,15H,2,5-7,9H2,1H3. The van der Waals surface area contributed by atoms with Crippen molar-refractivity contribution in [2.45, 2.75) is 32.6 Å². The molecule has 1 aromatic rings. The minimum absolute atomic E-state index is 0.0507. The number of nitro groups is 1. The Labute approximate surface area is 111 Å². The molecule has 0 spiro atoms. The summed E-state index contributed by atoms with van der Waals surface area (Å²) < 4.78 is 0. The van der Waals surface area contributed by atoms with Gasteiger partial charge in [0.2, 0.25) is 0 Å². The van der Waals surface area contributed by atoms with Crippen LogP contribution in [0.25, 0.3) is 0 Å². The fraction of sp³-hybridized carbons (Fsp3) is 0.538. The first-order valence-corrected chi connectivity index (χ1v) is 6.62. The number of rotatable bonds is 6. The first-order chi connectivity index (χ1) is 8.56. The van der Waals surface area contributed by atoms with E-state index in [-0.39, 0.29) is 5.69 Å². The molecule has 1 saturated carbocycles. The van der Waals surface area contributed by atoms with Gasteiger partial charge in [0.1, 0.15) is 5.69 Å². The highest BCUT2D eigenvalue weighted by atomic mass is 35.5. The smallest absolute Gasteiger partial charge is 0.293 e. The van der Waals surface area contributed by atoms with Gasteiger partial charge in [-0.1, -0.05) is 24.9 Å². The lowest BCUT2D eigenvalue weighted by molar-refractivity contribution is -0.383. The molecule has 1 N–H and O–H groups in total. The van der Waals surface area contributed by atoms with E-state index in [0.29, 0.717) is 16.1 Å². The Hall–Kier alpha value is -1.29. The normalized spacial score (nSPS) is 16.3. The van der Waals surface area contributed by atoms with Gasteiger partial charge in [-0.25, -0.2) is 0 Å². The topological polar surface area (TPSA) is 55.2 Å². The van der Waals surface area contributed by atoms with E-state index in [9.17, 15) is 10.1 Å². The monoisotopic (exact) mass is 268 g/mol. The van der Waals surface area contributed by atoms with Gasteiger partial charge < -0.3 is 5.32 Å². The predicted molar refractivity (Wildman–Crippen MR) is 73.2 cm³/mol. The molecule has 2 rings (SSSR count). The number of anilines is 1. The molecule has 1 fully saturated rings. The third-order valence-electron chi connectivity index (χ3n) is 3.55. The first-order valence-electron chi connectivity index (χ1n) is 6.24. The van der Waals surface area contributed by atoms with Crippen molar-refractivity contribution in [3.05, 3.63) is 33.3 Å². The summed E-state index contributed by atoms with van der Waals surface area (Å²) in [4.78, 5) is 10.6. The van der Waals surface area contributed by atoms with Crippen molar-refractivity contribution in [2.24, 2.45) is 5.41 Å². The summed E-state index contributed by atoms with van der Waals surface area (Å²) in [5, 5.41) is 14.5. The van der Waals surface area contributed by atoms with Crippen LogP contribution >= 0.6 is 11.6 Å². The molecule has 0 unspecified atom stereocenters. The van der Waals surface area contributed by atoms with Crippen molar-refractivity contribution >= 4 is 23.0 Å². The number of hydrogen-bond acceptors (Lipinski definition) is 3. The van der Waals surface area contributed by atoms with Crippen molar-refractivity contribution in [1.82, 2.24) is 0 Å². The fourth-order valence-corrected chi connectivity index (χ4v) is 2.48. The van der Waals surface area contributed by atoms with Crippen LogP contribution in [0.5, 0.6) is 0 Å². The second-order valence-electron chi connectivity index (χ2n) is 5.02. The van der Waals surface area contributed by atoms with E-state index < -0.39 is 4.92 Å².